The Kier molecular flexibility index (Phi) is 3.05. The van der Waals surface area contributed by atoms with Gasteiger partial charge < -0.3 is 9.52 Å². The van der Waals surface area contributed by atoms with Crippen LogP contribution in [0.5, 0.6) is 0 Å². The van der Waals surface area contributed by atoms with Crippen molar-refractivity contribution in [3.8, 4) is 0 Å². The van der Waals surface area contributed by atoms with E-state index in [1.54, 1.807) is 18.4 Å². The van der Waals surface area contributed by atoms with Crippen LogP contribution in [-0.2, 0) is 4.79 Å². The number of hydrogen-bond donors (Lipinski definition) is 1. The number of carboxylic acids is 1. The first-order chi connectivity index (χ1) is 7.77. The zero-order chi connectivity index (χ0) is 11.4. The van der Waals surface area contributed by atoms with Gasteiger partial charge in [-0.25, -0.2) is 0 Å². The van der Waals surface area contributed by atoms with Crippen molar-refractivity contribution in [2.24, 2.45) is 0 Å². The quantitative estimate of drug-likeness (QED) is 0.854. The van der Waals surface area contributed by atoms with Gasteiger partial charge >= 0.3 is 5.97 Å². The standard InChI is InChI=1S/C13H12O3/c14-13(15)9-11(12-7-4-8-16-12)10-5-2-1-3-6-10/h1-8,11H,9H2,(H,14,15)/t11-/m1/s1. The van der Waals surface area contributed by atoms with E-state index in [9.17, 15) is 4.79 Å². The predicted octanol–water partition coefficient (Wildman–Crippen LogP) is 2.89. The van der Waals surface area contributed by atoms with Crippen LogP contribution >= 0.6 is 0 Å². The minimum atomic E-state index is -0.828. The van der Waals surface area contributed by atoms with Crippen LogP contribution in [0, 0.1) is 0 Å². The van der Waals surface area contributed by atoms with Crippen LogP contribution < -0.4 is 0 Å². The van der Waals surface area contributed by atoms with Crippen LogP contribution in [0.1, 0.15) is 23.7 Å². The Morgan fingerprint density at radius 2 is 1.94 bits per heavy atom. The fraction of sp³-hybridized carbons (Fsp3) is 0.154. The summed E-state index contributed by atoms with van der Waals surface area (Å²) in [6.07, 6.45) is 1.60. The summed E-state index contributed by atoms with van der Waals surface area (Å²) in [5, 5.41) is 8.90. The molecular formula is C13H12O3. The fourth-order valence-electron chi connectivity index (χ4n) is 1.73. The van der Waals surface area contributed by atoms with Crippen molar-refractivity contribution < 1.29 is 14.3 Å². The molecule has 1 aromatic carbocycles. The second kappa shape index (κ2) is 4.66. The van der Waals surface area contributed by atoms with Crippen molar-refractivity contribution in [2.75, 3.05) is 0 Å². The highest BCUT2D eigenvalue weighted by molar-refractivity contribution is 5.68. The fourth-order valence-corrected chi connectivity index (χ4v) is 1.73. The Morgan fingerprint density at radius 1 is 1.19 bits per heavy atom. The van der Waals surface area contributed by atoms with Gasteiger partial charge in [0.1, 0.15) is 5.76 Å². The van der Waals surface area contributed by atoms with E-state index in [2.05, 4.69) is 0 Å². The van der Waals surface area contributed by atoms with Crippen molar-refractivity contribution in [3.05, 3.63) is 60.1 Å². The molecule has 0 aliphatic carbocycles. The molecule has 3 nitrogen and oxygen atoms in total. The van der Waals surface area contributed by atoms with Crippen LogP contribution in [0.2, 0.25) is 0 Å². The van der Waals surface area contributed by atoms with Gasteiger partial charge in [-0.15, -0.1) is 0 Å². The molecule has 82 valence electrons. The summed E-state index contributed by atoms with van der Waals surface area (Å²) in [6.45, 7) is 0. The van der Waals surface area contributed by atoms with Crippen LogP contribution in [0.15, 0.2) is 53.1 Å². The summed E-state index contributed by atoms with van der Waals surface area (Å²) in [6, 6.07) is 13.1. The molecule has 1 atom stereocenters. The summed E-state index contributed by atoms with van der Waals surface area (Å²) in [5.74, 6) is -0.354. The van der Waals surface area contributed by atoms with Gasteiger partial charge in [-0.3, -0.25) is 4.79 Å². The lowest BCUT2D eigenvalue weighted by molar-refractivity contribution is -0.137. The third kappa shape index (κ3) is 2.31. The molecule has 16 heavy (non-hydrogen) atoms. The van der Waals surface area contributed by atoms with Gasteiger partial charge in [-0.1, -0.05) is 30.3 Å². The second-order valence-corrected chi connectivity index (χ2v) is 3.58. The lowest BCUT2D eigenvalue weighted by Crippen LogP contribution is -2.06. The minimum absolute atomic E-state index is 0.0392. The number of benzene rings is 1. The molecule has 1 heterocycles. The Labute approximate surface area is 93.3 Å². The Bertz CT molecular complexity index is 445. The number of rotatable bonds is 4. The molecule has 1 N–H and O–H groups in total. The van der Waals surface area contributed by atoms with Crippen LogP contribution in [0.4, 0.5) is 0 Å². The first kappa shape index (κ1) is 10.5. The zero-order valence-corrected chi connectivity index (χ0v) is 8.67. The molecule has 0 aliphatic rings. The Hall–Kier alpha value is -2.03. The van der Waals surface area contributed by atoms with Gasteiger partial charge in [-0.05, 0) is 17.7 Å². The van der Waals surface area contributed by atoms with E-state index in [-0.39, 0.29) is 12.3 Å². The molecule has 2 aromatic rings. The minimum Gasteiger partial charge on any atom is -0.481 e. The normalized spacial score (nSPS) is 12.2. The highest BCUT2D eigenvalue weighted by Gasteiger charge is 2.19. The van der Waals surface area contributed by atoms with E-state index >= 15 is 0 Å². The van der Waals surface area contributed by atoms with Gasteiger partial charge in [0.15, 0.2) is 0 Å². The molecule has 0 unspecified atom stereocenters. The topological polar surface area (TPSA) is 50.4 Å². The number of hydrogen-bond acceptors (Lipinski definition) is 2. The first-order valence-corrected chi connectivity index (χ1v) is 5.07. The van der Waals surface area contributed by atoms with Crippen molar-refractivity contribution >= 4 is 5.97 Å². The number of carboxylic acid groups (broad SMARTS) is 1. The van der Waals surface area contributed by atoms with Crippen LogP contribution in [0.25, 0.3) is 0 Å². The molecule has 0 amide bonds. The molecule has 0 aliphatic heterocycles. The van der Waals surface area contributed by atoms with Gasteiger partial charge in [0, 0.05) is 0 Å². The van der Waals surface area contributed by atoms with Gasteiger partial charge in [-0.2, -0.15) is 0 Å². The summed E-state index contributed by atoms with van der Waals surface area (Å²) in [7, 11) is 0. The third-order valence-electron chi connectivity index (χ3n) is 2.47. The van der Waals surface area contributed by atoms with Crippen LogP contribution in [0.3, 0.4) is 0 Å². The maximum atomic E-state index is 10.8. The zero-order valence-electron chi connectivity index (χ0n) is 8.67. The first-order valence-electron chi connectivity index (χ1n) is 5.07. The molecule has 3 heteroatoms. The largest absolute Gasteiger partial charge is 0.481 e. The molecule has 0 spiro atoms. The highest BCUT2D eigenvalue weighted by atomic mass is 16.4. The van der Waals surface area contributed by atoms with E-state index in [4.69, 9.17) is 9.52 Å². The monoisotopic (exact) mass is 216 g/mol. The Balaban J connectivity index is 2.32. The lowest BCUT2D eigenvalue weighted by Gasteiger charge is -2.12. The molecule has 0 radical (unpaired) electrons. The molecule has 1 aromatic heterocycles. The van der Waals surface area contributed by atoms with Gasteiger partial charge in [0.05, 0.1) is 18.6 Å². The second-order valence-electron chi connectivity index (χ2n) is 3.58. The summed E-state index contributed by atoms with van der Waals surface area (Å²) in [4.78, 5) is 10.8. The maximum absolute atomic E-state index is 10.8. The van der Waals surface area contributed by atoms with Gasteiger partial charge in [0.2, 0.25) is 0 Å². The maximum Gasteiger partial charge on any atom is 0.304 e. The highest BCUT2D eigenvalue weighted by Crippen LogP contribution is 2.27. The molecule has 0 fully saturated rings. The average molecular weight is 216 g/mol. The van der Waals surface area contributed by atoms with E-state index in [0.717, 1.165) is 5.56 Å². The molecule has 0 bridgehead atoms. The Morgan fingerprint density at radius 3 is 2.50 bits per heavy atom. The van der Waals surface area contributed by atoms with E-state index < -0.39 is 5.97 Å². The summed E-state index contributed by atoms with van der Waals surface area (Å²) < 4.78 is 5.29. The summed E-state index contributed by atoms with van der Waals surface area (Å²) in [5.41, 5.74) is 0.958. The van der Waals surface area contributed by atoms with Crippen molar-refractivity contribution in [2.45, 2.75) is 12.3 Å². The smallest absolute Gasteiger partial charge is 0.304 e. The van der Waals surface area contributed by atoms with Crippen molar-refractivity contribution in [3.63, 3.8) is 0 Å². The molecule has 0 saturated carbocycles. The lowest BCUT2D eigenvalue weighted by atomic mass is 9.93. The van der Waals surface area contributed by atoms with Crippen molar-refractivity contribution in [1.29, 1.82) is 0 Å². The predicted molar refractivity (Wildman–Crippen MR) is 59.2 cm³/mol. The third-order valence-corrected chi connectivity index (χ3v) is 2.47. The SMILES string of the molecule is O=C(O)C[C@H](c1ccccc1)c1ccco1. The van der Waals surface area contributed by atoms with Crippen LogP contribution in [-0.4, -0.2) is 11.1 Å². The number of furan rings is 1. The van der Waals surface area contributed by atoms with E-state index in [1.807, 2.05) is 30.3 Å². The number of aliphatic carboxylic acids is 1. The van der Waals surface area contributed by atoms with E-state index in [0.29, 0.717) is 5.76 Å². The van der Waals surface area contributed by atoms with Crippen molar-refractivity contribution in [1.82, 2.24) is 0 Å². The van der Waals surface area contributed by atoms with E-state index in [1.165, 1.54) is 0 Å². The summed E-state index contributed by atoms with van der Waals surface area (Å²) >= 11 is 0. The molecule has 2 rings (SSSR count). The van der Waals surface area contributed by atoms with Gasteiger partial charge in [0.25, 0.3) is 0 Å². The molecular weight excluding hydrogens is 204 g/mol. The number of carbonyl (C=O) groups is 1. The average Bonchev–Trinajstić information content (AvgIpc) is 2.80. The molecule has 0 saturated heterocycles.